The molecule has 2 N–H and O–H groups in total. The van der Waals surface area contributed by atoms with E-state index in [9.17, 15) is 4.79 Å². The van der Waals surface area contributed by atoms with Crippen LogP contribution in [0.25, 0.3) is 11.1 Å². The van der Waals surface area contributed by atoms with Crippen molar-refractivity contribution >= 4 is 11.9 Å². The van der Waals surface area contributed by atoms with Gasteiger partial charge in [-0.05, 0) is 43.5 Å². The third-order valence-electron chi connectivity index (χ3n) is 4.61. The molecule has 4 nitrogen and oxygen atoms in total. The number of hydrogen-bond donors (Lipinski definition) is 1. The maximum atomic E-state index is 12.2. The molecule has 0 fully saturated rings. The second kappa shape index (κ2) is 5.78. The molecule has 2 aromatic rings. The van der Waals surface area contributed by atoms with Crippen molar-refractivity contribution in [3.05, 3.63) is 59.2 Å². The van der Waals surface area contributed by atoms with Gasteiger partial charge in [-0.2, -0.15) is 0 Å². The Morgan fingerprint density at radius 3 is 2.38 bits per heavy atom. The summed E-state index contributed by atoms with van der Waals surface area (Å²) in [5.41, 5.74) is 11.1. The Bertz CT molecular complexity index is 820. The molecule has 0 saturated carbocycles. The van der Waals surface area contributed by atoms with Crippen LogP contribution in [-0.2, 0) is 10.3 Å². The Balaban J connectivity index is 2.06. The highest BCUT2D eigenvalue weighted by Crippen LogP contribution is 2.35. The summed E-state index contributed by atoms with van der Waals surface area (Å²) in [7, 11) is 1.66. The number of amides is 1. The van der Waals surface area contributed by atoms with E-state index in [2.05, 4.69) is 49.2 Å². The van der Waals surface area contributed by atoms with Crippen LogP contribution in [0.1, 0.15) is 30.0 Å². The van der Waals surface area contributed by atoms with Gasteiger partial charge in [-0.1, -0.05) is 47.5 Å². The van der Waals surface area contributed by atoms with Crippen LogP contribution in [0.3, 0.4) is 0 Å². The minimum absolute atomic E-state index is 0.0122. The largest absolute Gasteiger partial charge is 0.369 e. The molecule has 124 valence electrons. The standard InChI is InChI=1S/C20H23N3O/c1-13-8-14(2)10-16(9-13)15-6-5-7-17(11-15)20(3)12-18(24)23(4)19(21)22-20/h5-11H,12H2,1-4H3,(H2,21,22). The van der Waals surface area contributed by atoms with E-state index in [4.69, 9.17) is 5.73 Å². The number of nitrogens with two attached hydrogens (primary N) is 1. The number of aryl methyl sites for hydroxylation is 2. The third-order valence-corrected chi connectivity index (χ3v) is 4.61. The van der Waals surface area contributed by atoms with E-state index in [1.54, 1.807) is 7.05 Å². The van der Waals surface area contributed by atoms with Gasteiger partial charge in [-0.15, -0.1) is 0 Å². The van der Waals surface area contributed by atoms with Crippen molar-refractivity contribution in [3.63, 3.8) is 0 Å². The van der Waals surface area contributed by atoms with Gasteiger partial charge in [0.1, 0.15) is 0 Å². The number of aliphatic imine (C=N–C) groups is 1. The zero-order valence-corrected chi connectivity index (χ0v) is 14.6. The van der Waals surface area contributed by atoms with Crippen LogP contribution in [0.4, 0.5) is 0 Å². The molecule has 1 aliphatic heterocycles. The van der Waals surface area contributed by atoms with Crippen LogP contribution < -0.4 is 5.73 Å². The van der Waals surface area contributed by atoms with Gasteiger partial charge in [-0.3, -0.25) is 9.69 Å². The summed E-state index contributed by atoms with van der Waals surface area (Å²) in [6, 6.07) is 14.7. The fourth-order valence-electron chi connectivity index (χ4n) is 3.25. The zero-order valence-electron chi connectivity index (χ0n) is 14.6. The van der Waals surface area contributed by atoms with Crippen molar-refractivity contribution in [2.75, 3.05) is 7.05 Å². The molecule has 0 aliphatic carbocycles. The first-order chi connectivity index (χ1) is 11.3. The van der Waals surface area contributed by atoms with E-state index in [-0.39, 0.29) is 11.9 Å². The highest BCUT2D eigenvalue weighted by molar-refractivity contribution is 5.98. The molecule has 0 saturated heterocycles. The molecule has 24 heavy (non-hydrogen) atoms. The van der Waals surface area contributed by atoms with Gasteiger partial charge in [0.25, 0.3) is 0 Å². The summed E-state index contributed by atoms with van der Waals surface area (Å²) in [6.07, 6.45) is 0.320. The Morgan fingerprint density at radius 2 is 1.75 bits per heavy atom. The van der Waals surface area contributed by atoms with Crippen molar-refractivity contribution in [2.45, 2.75) is 32.7 Å². The fraction of sp³-hybridized carbons (Fsp3) is 0.300. The normalized spacial score (nSPS) is 20.9. The van der Waals surface area contributed by atoms with E-state index in [0.29, 0.717) is 6.42 Å². The van der Waals surface area contributed by atoms with Gasteiger partial charge < -0.3 is 5.73 Å². The molecule has 0 spiro atoms. The van der Waals surface area contributed by atoms with Gasteiger partial charge in [0.15, 0.2) is 5.96 Å². The number of carbonyl (C=O) groups is 1. The summed E-state index contributed by atoms with van der Waals surface area (Å²) in [4.78, 5) is 18.2. The Labute approximate surface area is 143 Å². The summed E-state index contributed by atoms with van der Waals surface area (Å²) < 4.78 is 0. The maximum absolute atomic E-state index is 12.2. The number of nitrogens with zero attached hydrogens (tertiary/aromatic N) is 2. The van der Waals surface area contributed by atoms with Crippen LogP contribution in [0.2, 0.25) is 0 Å². The average molecular weight is 321 g/mol. The average Bonchev–Trinajstić information content (AvgIpc) is 2.52. The van der Waals surface area contributed by atoms with Crippen molar-refractivity contribution in [2.24, 2.45) is 10.7 Å². The lowest BCUT2D eigenvalue weighted by Crippen LogP contribution is -2.47. The lowest BCUT2D eigenvalue weighted by Gasteiger charge is -2.33. The molecule has 1 heterocycles. The molecule has 0 bridgehead atoms. The fourth-order valence-corrected chi connectivity index (χ4v) is 3.25. The van der Waals surface area contributed by atoms with E-state index in [1.165, 1.54) is 21.6 Å². The topological polar surface area (TPSA) is 58.7 Å². The molecular formula is C20H23N3O. The van der Waals surface area contributed by atoms with Gasteiger partial charge >= 0.3 is 0 Å². The van der Waals surface area contributed by atoms with Crippen molar-refractivity contribution < 1.29 is 4.79 Å². The minimum Gasteiger partial charge on any atom is -0.369 e. The monoisotopic (exact) mass is 321 g/mol. The molecule has 3 rings (SSSR count). The zero-order chi connectivity index (χ0) is 17.5. The Kier molecular flexibility index (Phi) is 3.91. The first kappa shape index (κ1) is 16.2. The molecule has 1 atom stereocenters. The number of benzene rings is 2. The van der Waals surface area contributed by atoms with E-state index in [0.717, 1.165) is 11.1 Å². The third kappa shape index (κ3) is 2.92. The maximum Gasteiger partial charge on any atom is 0.231 e. The molecule has 1 aliphatic rings. The summed E-state index contributed by atoms with van der Waals surface area (Å²) in [5, 5.41) is 0. The lowest BCUT2D eigenvalue weighted by molar-refractivity contribution is -0.128. The van der Waals surface area contributed by atoms with Crippen LogP contribution in [-0.4, -0.2) is 23.8 Å². The van der Waals surface area contributed by atoms with Crippen molar-refractivity contribution in [3.8, 4) is 11.1 Å². The van der Waals surface area contributed by atoms with E-state index >= 15 is 0 Å². The van der Waals surface area contributed by atoms with Gasteiger partial charge in [0, 0.05) is 7.05 Å². The predicted octanol–water partition coefficient (Wildman–Crippen LogP) is 3.36. The van der Waals surface area contributed by atoms with Crippen molar-refractivity contribution in [1.82, 2.24) is 4.90 Å². The highest BCUT2D eigenvalue weighted by atomic mass is 16.2. The van der Waals surface area contributed by atoms with E-state index < -0.39 is 5.54 Å². The minimum atomic E-state index is -0.622. The van der Waals surface area contributed by atoms with Crippen LogP contribution in [0.15, 0.2) is 47.5 Å². The second-order valence-electron chi connectivity index (χ2n) is 6.83. The number of rotatable bonds is 2. The Hall–Kier alpha value is -2.62. The van der Waals surface area contributed by atoms with Crippen LogP contribution in [0, 0.1) is 13.8 Å². The first-order valence-electron chi connectivity index (χ1n) is 8.09. The molecule has 0 radical (unpaired) electrons. The quantitative estimate of drug-likeness (QED) is 0.922. The van der Waals surface area contributed by atoms with Crippen molar-refractivity contribution in [1.29, 1.82) is 0 Å². The van der Waals surface area contributed by atoms with Gasteiger partial charge in [0.05, 0.1) is 12.0 Å². The van der Waals surface area contributed by atoms with Gasteiger partial charge in [0.2, 0.25) is 5.91 Å². The first-order valence-corrected chi connectivity index (χ1v) is 8.09. The van der Waals surface area contributed by atoms with Crippen LogP contribution in [0.5, 0.6) is 0 Å². The van der Waals surface area contributed by atoms with E-state index in [1.807, 2.05) is 19.1 Å². The molecule has 1 unspecified atom stereocenters. The predicted molar refractivity (Wildman–Crippen MR) is 97.7 cm³/mol. The lowest BCUT2D eigenvalue weighted by atomic mass is 9.86. The molecular weight excluding hydrogens is 298 g/mol. The number of carbonyl (C=O) groups excluding carboxylic acids is 1. The van der Waals surface area contributed by atoms with Gasteiger partial charge in [-0.25, -0.2) is 4.99 Å². The number of guanidine groups is 1. The smallest absolute Gasteiger partial charge is 0.231 e. The number of hydrogen-bond acceptors (Lipinski definition) is 3. The van der Waals surface area contributed by atoms with Crippen LogP contribution >= 0.6 is 0 Å². The molecule has 4 heteroatoms. The summed E-state index contributed by atoms with van der Waals surface area (Å²) in [5.74, 6) is 0.257. The molecule has 0 aromatic heterocycles. The summed E-state index contributed by atoms with van der Waals surface area (Å²) in [6.45, 7) is 6.16. The second-order valence-corrected chi connectivity index (χ2v) is 6.83. The molecule has 1 amide bonds. The SMILES string of the molecule is Cc1cc(C)cc(-c2cccc(C3(C)CC(=O)N(C)C(N)=N3)c2)c1. The Morgan fingerprint density at radius 1 is 1.08 bits per heavy atom. The summed E-state index contributed by atoms with van der Waals surface area (Å²) >= 11 is 0. The highest BCUT2D eigenvalue weighted by Gasteiger charge is 2.36. The molecule has 2 aromatic carbocycles.